The van der Waals surface area contributed by atoms with Gasteiger partial charge in [-0.3, -0.25) is 4.99 Å². The van der Waals surface area contributed by atoms with E-state index in [9.17, 15) is 5.11 Å². The summed E-state index contributed by atoms with van der Waals surface area (Å²) in [7, 11) is 4.22. The predicted molar refractivity (Wildman–Crippen MR) is 120 cm³/mol. The van der Waals surface area contributed by atoms with Crippen LogP contribution in [0.2, 0.25) is 0 Å². The molecule has 0 radical (unpaired) electrons. The number of para-hydroxylation sites is 1. The van der Waals surface area contributed by atoms with Crippen LogP contribution < -0.4 is 15.5 Å². The zero-order chi connectivity index (χ0) is 21.1. The van der Waals surface area contributed by atoms with Crippen LogP contribution in [0.1, 0.15) is 37.7 Å². The maximum Gasteiger partial charge on any atom is 0.154 e. The lowest BCUT2D eigenvalue weighted by Gasteiger charge is -2.31. The molecule has 1 N–H and O–H groups in total. The van der Waals surface area contributed by atoms with E-state index in [1.807, 2.05) is 18.2 Å². The lowest BCUT2D eigenvalue weighted by molar-refractivity contribution is 0.276. The fourth-order valence-corrected chi connectivity index (χ4v) is 4.55. The van der Waals surface area contributed by atoms with E-state index >= 15 is 0 Å². The van der Waals surface area contributed by atoms with Crippen LogP contribution in [0.4, 0.5) is 5.82 Å². The van der Waals surface area contributed by atoms with Gasteiger partial charge in [0.2, 0.25) is 0 Å². The molecule has 2 atom stereocenters. The lowest BCUT2D eigenvalue weighted by Crippen LogP contribution is -2.42. The van der Waals surface area contributed by atoms with Crippen molar-refractivity contribution >= 4 is 17.6 Å². The highest BCUT2D eigenvalue weighted by molar-refractivity contribution is 5.52. The number of hydrogen-bond donors (Lipinski definition) is 1. The maximum atomic E-state index is 9.67. The van der Waals surface area contributed by atoms with Gasteiger partial charge in [0, 0.05) is 50.1 Å². The number of aromatic nitrogens is 2. The van der Waals surface area contributed by atoms with Crippen molar-refractivity contribution < 1.29 is 5.11 Å². The largest absolute Gasteiger partial charge is 0.390 e. The van der Waals surface area contributed by atoms with Crippen molar-refractivity contribution in [1.29, 1.82) is 0 Å². The molecule has 1 aromatic carbocycles. The van der Waals surface area contributed by atoms with Crippen molar-refractivity contribution in [2.24, 2.45) is 10.9 Å². The summed E-state index contributed by atoms with van der Waals surface area (Å²) in [4.78, 5) is 18.8. The molecule has 1 fully saturated rings. The molecule has 1 aromatic heterocycles. The Labute approximate surface area is 178 Å². The molecule has 0 aliphatic carbocycles. The first kappa shape index (κ1) is 20.5. The summed E-state index contributed by atoms with van der Waals surface area (Å²) in [6.07, 6.45) is 7.46. The van der Waals surface area contributed by atoms with Gasteiger partial charge in [-0.1, -0.05) is 31.2 Å². The van der Waals surface area contributed by atoms with Gasteiger partial charge in [0.05, 0.1) is 23.7 Å². The molecule has 2 aliphatic rings. The van der Waals surface area contributed by atoms with E-state index < -0.39 is 0 Å². The van der Waals surface area contributed by atoms with Crippen LogP contribution in [-0.2, 0) is 6.61 Å². The Balaban J connectivity index is 1.70. The number of nitrogens with zero attached hydrogens (tertiary/aromatic N) is 5. The highest BCUT2D eigenvalue weighted by atomic mass is 16.3. The van der Waals surface area contributed by atoms with Crippen LogP contribution in [0.5, 0.6) is 0 Å². The van der Waals surface area contributed by atoms with Crippen LogP contribution in [-0.4, -0.2) is 53.2 Å². The molecule has 1 saturated heterocycles. The first-order valence-corrected chi connectivity index (χ1v) is 10.9. The number of fused-ring (bicyclic) bond motifs is 1. The van der Waals surface area contributed by atoms with Gasteiger partial charge >= 0.3 is 0 Å². The minimum Gasteiger partial charge on any atom is -0.390 e. The Morgan fingerprint density at radius 3 is 2.63 bits per heavy atom. The molecule has 0 spiro atoms. The number of hydrogen-bond acceptors (Lipinski definition) is 6. The van der Waals surface area contributed by atoms with Crippen LogP contribution in [0.25, 0.3) is 11.8 Å². The number of rotatable bonds is 6. The van der Waals surface area contributed by atoms with Gasteiger partial charge < -0.3 is 14.9 Å². The summed E-state index contributed by atoms with van der Waals surface area (Å²) >= 11 is 0. The second-order valence-corrected chi connectivity index (χ2v) is 8.22. The lowest BCUT2D eigenvalue weighted by atomic mass is 9.89. The second-order valence-electron chi connectivity index (χ2n) is 8.22. The Kier molecular flexibility index (Phi) is 6.13. The molecule has 2 aromatic rings. The van der Waals surface area contributed by atoms with E-state index in [2.05, 4.69) is 60.1 Å². The van der Waals surface area contributed by atoms with Gasteiger partial charge in [-0.05, 0) is 31.4 Å². The zero-order valence-corrected chi connectivity index (χ0v) is 18.1. The van der Waals surface area contributed by atoms with E-state index in [-0.39, 0.29) is 12.6 Å². The topological polar surface area (TPSA) is 64.8 Å². The van der Waals surface area contributed by atoms with Crippen molar-refractivity contribution in [1.82, 2.24) is 14.9 Å². The first-order chi connectivity index (χ1) is 14.6. The molecule has 0 amide bonds. The maximum absolute atomic E-state index is 9.67. The molecule has 0 saturated carbocycles. The number of anilines is 1. The van der Waals surface area contributed by atoms with E-state index in [0.717, 1.165) is 30.7 Å². The third kappa shape index (κ3) is 4.10. The molecule has 30 heavy (non-hydrogen) atoms. The molecule has 6 nitrogen and oxygen atoms in total. The minimum absolute atomic E-state index is 0.0268. The fraction of sp³-hybridized carbons (Fsp3) is 0.458. The molecule has 4 rings (SSSR count). The Morgan fingerprint density at radius 2 is 1.93 bits per heavy atom. The van der Waals surface area contributed by atoms with E-state index in [1.165, 1.54) is 23.8 Å². The SMILES string of the molecule is CCC1C(N(C)C)=c2ccccc2=NC1/C=C/c1nc(CO)cc(N2CCCC2)n1. The summed E-state index contributed by atoms with van der Waals surface area (Å²) in [6, 6.07) is 10.3. The summed E-state index contributed by atoms with van der Waals surface area (Å²) in [5.74, 6) is 1.84. The van der Waals surface area contributed by atoms with Crippen LogP contribution in [0, 0.1) is 5.92 Å². The highest BCUT2D eigenvalue weighted by Crippen LogP contribution is 2.26. The highest BCUT2D eigenvalue weighted by Gasteiger charge is 2.26. The Morgan fingerprint density at radius 1 is 1.17 bits per heavy atom. The van der Waals surface area contributed by atoms with Crippen LogP contribution >= 0.6 is 0 Å². The minimum atomic E-state index is -0.0818. The first-order valence-electron chi connectivity index (χ1n) is 10.9. The predicted octanol–water partition coefficient (Wildman–Crippen LogP) is 1.98. The van der Waals surface area contributed by atoms with Gasteiger partial charge in [-0.2, -0.15) is 0 Å². The third-order valence-corrected chi connectivity index (χ3v) is 5.97. The standard InChI is InChI=1S/C24H31N5O/c1-4-18-21(26-20-10-6-5-9-19(20)24(18)28(2)3)11-12-22-25-17(16-30)15-23(27-22)29-13-7-8-14-29/h5-6,9-12,15,18,21,30H,4,7-8,13-14,16H2,1-3H3/b12-11+. The second kappa shape index (κ2) is 8.96. The van der Waals surface area contributed by atoms with Gasteiger partial charge in [-0.15, -0.1) is 0 Å². The number of aliphatic hydroxyl groups excluding tert-OH is 1. The summed E-state index contributed by atoms with van der Waals surface area (Å²) in [5, 5.41) is 11.9. The van der Waals surface area contributed by atoms with Crippen LogP contribution in [0.3, 0.4) is 0 Å². The van der Waals surface area contributed by atoms with Gasteiger partial charge in [0.25, 0.3) is 0 Å². The quantitative estimate of drug-likeness (QED) is 0.796. The van der Waals surface area contributed by atoms with Crippen molar-refractivity contribution in [3.8, 4) is 0 Å². The monoisotopic (exact) mass is 405 g/mol. The molecular weight excluding hydrogens is 374 g/mol. The Bertz CT molecular complexity index is 1040. The number of benzene rings is 1. The number of aliphatic hydroxyl groups is 1. The van der Waals surface area contributed by atoms with Crippen molar-refractivity contribution in [2.75, 3.05) is 32.1 Å². The summed E-state index contributed by atoms with van der Waals surface area (Å²) < 4.78 is 0. The smallest absolute Gasteiger partial charge is 0.154 e. The third-order valence-electron chi connectivity index (χ3n) is 5.97. The molecule has 2 unspecified atom stereocenters. The zero-order valence-electron chi connectivity index (χ0n) is 18.1. The van der Waals surface area contributed by atoms with Gasteiger partial charge in [0.1, 0.15) is 5.82 Å². The molecule has 2 aliphatic heterocycles. The van der Waals surface area contributed by atoms with E-state index in [1.54, 1.807) is 0 Å². The van der Waals surface area contributed by atoms with Gasteiger partial charge in [0.15, 0.2) is 5.82 Å². The normalized spacial score (nSPS) is 21.1. The van der Waals surface area contributed by atoms with Crippen molar-refractivity contribution in [3.63, 3.8) is 0 Å². The van der Waals surface area contributed by atoms with Crippen LogP contribution in [0.15, 0.2) is 41.4 Å². The summed E-state index contributed by atoms with van der Waals surface area (Å²) in [6.45, 7) is 4.16. The average Bonchev–Trinajstić information content (AvgIpc) is 3.31. The summed E-state index contributed by atoms with van der Waals surface area (Å²) in [5.41, 5.74) is 1.98. The molecular formula is C24H31N5O. The Hall–Kier alpha value is -2.73. The van der Waals surface area contributed by atoms with Crippen molar-refractivity contribution in [2.45, 2.75) is 38.8 Å². The van der Waals surface area contributed by atoms with Crippen molar-refractivity contribution in [3.05, 3.63) is 58.5 Å². The molecule has 158 valence electrons. The molecule has 0 bridgehead atoms. The molecule has 3 heterocycles. The van der Waals surface area contributed by atoms with E-state index in [4.69, 9.17) is 9.98 Å². The average molecular weight is 406 g/mol. The van der Waals surface area contributed by atoms with Gasteiger partial charge in [-0.25, -0.2) is 9.97 Å². The fourth-order valence-electron chi connectivity index (χ4n) is 4.55. The van der Waals surface area contributed by atoms with E-state index in [0.29, 0.717) is 17.4 Å². The molecule has 6 heteroatoms.